The van der Waals surface area contributed by atoms with Crippen LogP contribution < -0.4 is 9.80 Å². The van der Waals surface area contributed by atoms with Crippen LogP contribution in [0.2, 0.25) is 0 Å². The van der Waals surface area contributed by atoms with Crippen molar-refractivity contribution in [1.82, 2.24) is 29.9 Å². The minimum Gasteiger partial charge on any atom is -0.355 e. The summed E-state index contributed by atoms with van der Waals surface area (Å²) in [5.74, 6) is 1.91. The third-order valence-corrected chi connectivity index (χ3v) is 4.79. The Hall–Kier alpha value is -2.71. The minimum absolute atomic E-state index is 0.0700. The minimum atomic E-state index is 0.0700. The average molecular weight is 342 g/mol. The van der Waals surface area contributed by atoms with E-state index in [2.05, 4.69) is 36.1 Å². The smallest absolute Gasteiger partial charge is 0.244 e. The van der Waals surface area contributed by atoms with Crippen LogP contribution in [0.3, 0.4) is 0 Å². The van der Waals surface area contributed by atoms with Gasteiger partial charge in [-0.15, -0.1) is 10.2 Å². The summed E-state index contributed by atoms with van der Waals surface area (Å²) < 4.78 is 1.55. The van der Waals surface area contributed by atoms with Gasteiger partial charge in [-0.25, -0.2) is 9.67 Å². The summed E-state index contributed by atoms with van der Waals surface area (Å²) in [5.41, 5.74) is 0. The van der Waals surface area contributed by atoms with Crippen LogP contribution in [0.15, 0.2) is 24.8 Å². The molecule has 0 aliphatic carbocycles. The first-order chi connectivity index (χ1) is 12.3. The second kappa shape index (κ2) is 7.04. The number of carbonyl (C=O) groups is 1. The van der Waals surface area contributed by atoms with E-state index in [9.17, 15) is 4.79 Å². The molecular formula is C16H22N8O. The maximum atomic E-state index is 12.3. The van der Waals surface area contributed by atoms with Crippen LogP contribution in [0.5, 0.6) is 0 Å². The number of carbonyl (C=O) groups excluding carboxylic acids is 1. The van der Waals surface area contributed by atoms with Gasteiger partial charge in [0, 0.05) is 39.3 Å². The number of amides is 1. The quantitative estimate of drug-likeness (QED) is 0.774. The second-order valence-electron chi connectivity index (χ2n) is 6.40. The van der Waals surface area contributed by atoms with Crippen molar-refractivity contribution in [3.05, 3.63) is 24.8 Å². The fourth-order valence-corrected chi connectivity index (χ4v) is 3.34. The molecule has 2 aliphatic heterocycles. The van der Waals surface area contributed by atoms with Crippen molar-refractivity contribution in [3.8, 4) is 0 Å². The zero-order valence-electron chi connectivity index (χ0n) is 14.2. The average Bonchev–Trinajstić information content (AvgIpc) is 3.36. The van der Waals surface area contributed by atoms with Crippen molar-refractivity contribution < 1.29 is 4.79 Å². The summed E-state index contributed by atoms with van der Waals surface area (Å²) >= 11 is 0. The van der Waals surface area contributed by atoms with Gasteiger partial charge >= 0.3 is 0 Å². The molecule has 2 aliphatic rings. The Balaban J connectivity index is 1.31. The van der Waals surface area contributed by atoms with Crippen LogP contribution in [0.4, 0.5) is 11.6 Å². The lowest BCUT2D eigenvalue weighted by Gasteiger charge is -2.35. The summed E-state index contributed by atoms with van der Waals surface area (Å²) in [6.07, 6.45) is 5.46. The van der Waals surface area contributed by atoms with E-state index in [-0.39, 0.29) is 12.5 Å². The zero-order chi connectivity index (χ0) is 17.1. The fourth-order valence-electron chi connectivity index (χ4n) is 3.34. The van der Waals surface area contributed by atoms with Gasteiger partial charge in [0.05, 0.1) is 0 Å². The Morgan fingerprint density at radius 3 is 2.12 bits per heavy atom. The number of hydrogen-bond acceptors (Lipinski definition) is 7. The molecule has 0 N–H and O–H groups in total. The normalized spacial score (nSPS) is 18.0. The van der Waals surface area contributed by atoms with Crippen LogP contribution in [0.1, 0.15) is 12.8 Å². The molecule has 25 heavy (non-hydrogen) atoms. The molecule has 2 fully saturated rings. The Bertz CT molecular complexity index is 687. The van der Waals surface area contributed by atoms with Crippen molar-refractivity contribution in [1.29, 1.82) is 0 Å². The number of rotatable bonds is 4. The molecule has 0 bridgehead atoms. The van der Waals surface area contributed by atoms with Crippen LogP contribution >= 0.6 is 0 Å². The summed E-state index contributed by atoms with van der Waals surface area (Å²) in [4.78, 5) is 22.5. The third-order valence-electron chi connectivity index (χ3n) is 4.79. The van der Waals surface area contributed by atoms with E-state index in [1.54, 1.807) is 11.0 Å². The van der Waals surface area contributed by atoms with Gasteiger partial charge in [0.15, 0.2) is 11.6 Å². The van der Waals surface area contributed by atoms with Gasteiger partial charge in [0.1, 0.15) is 19.2 Å². The predicted molar refractivity (Wildman–Crippen MR) is 92.3 cm³/mol. The fraction of sp³-hybridized carbons (Fsp3) is 0.562. The highest BCUT2D eigenvalue weighted by Crippen LogP contribution is 2.19. The zero-order valence-corrected chi connectivity index (χ0v) is 14.2. The lowest BCUT2D eigenvalue weighted by Crippen LogP contribution is -2.50. The lowest BCUT2D eigenvalue weighted by molar-refractivity contribution is -0.132. The largest absolute Gasteiger partial charge is 0.355 e. The van der Waals surface area contributed by atoms with Crippen molar-refractivity contribution >= 4 is 17.5 Å². The molecule has 0 radical (unpaired) electrons. The molecule has 2 aromatic rings. The molecule has 9 heteroatoms. The molecule has 1 amide bonds. The van der Waals surface area contributed by atoms with Crippen LogP contribution in [-0.4, -0.2) is 75.0 Å². The van der Waals surface area contributed by atoms with E-state index in [0.29, 0.717) is 13.1 Å². The van der Waals surface area contributed by atoms with Gasteiger partial charge in [-0.1, -0.05) is 0 Å². The summed E-state index contributed by atoms with van der Waals surface area (Å²) in [7, 11) is 0. The molecule has 0 aromatic carbocycles. The summed E-state index contributed by atoms with van der Waals surface area (Å²) in [5, 5.41) is 12.7. The van der Waals surface area contributed by atoms with Gasteiger partial charge in [-0.05, 0) is 25.0 Å². The Morgan fingerprint density at radius 2 is 1.56 bits per heavy atom. The van der Waals surface area contributed by atoms with Gasteiger partial charge in [0.25, 0.3) is 0 Å². The molecule has 2 saturated heterocycles. The Kier molecular flexibility index (Phi) is 4.45. The molecule has 4 heterocycles. The number of piperazine rings is 1. The number of anilines is 2. The summed E-state index contributed by atoms with van der Waals surface area (Å²) in [6, 6.07) is 4.09. The van der Waals surface area contributed by atoms with Crippen LogP contribution in [-0.2, 0) is 11.3 Å². The van der Waals surface area contributed by atoms with Crippen molar-refractivity contribution in [2.24, 2.45) is 0 Å². The molecule has 0 spiro atoms. The van der Waals surface area contributed by atoms with Gasteiger partial charge in [0.2, 0.25) is 5.91 Å². The first kappa shape index (κ1) is 15.8. The maximum Gasteiger partial charge on any atom is 0.244 e. The molecule has 0 atom stereocenters. The maximum absolute atomic E-state index is 12.3. The van der Waals surface area contributed by atoms with E-state index in [1.165, 1.54) is 19.2 Å². The van der Waals surface area contributed by atoms with E-state index in [4.69, 9.17) is 0 Å². The highest BCUT2D eigenvalue weighted by molar-refractivity contribution is 5.76. The predicted octanol–water partition coefficient (Wildman–Crippen LogP) is 0.0171. The van der Waals surface area contributed by atoms with E-state index >= 15 is 0 Å². The summed E-state index contributed by atoms with van der Waals surface area (Å²) in [6.45, 7) is 5.28. The Labute approximate surface area is 146 Å². The number of aromatic nitrogens is 5. The van der Waals surface area contributed by atoms with Gasteiger partial charge < -0.3 is 14.7 Å². The second-order valence-corrected chi connectivity index (χ2v) is 6.40. The third kappa shape index (κ3) is 3.54. The van der Waals surface area contributed by atoms with Crippen molar-refractivity contribution in [3.63, 3.8) is 0 Å². The van der Waals surface area contributed by atoms with Crippen LogP contribution in [0, 0.1) is 0 Å². The first-order valence-corrected chi connectivity index (χ1v) is 8.73. The van der Waals surface area contributed by atoms with Gasteiger partial charge in [-0.3, -0.25) is 4.79 Å². The SMILES string of the molecule is O=C(Cn1cncn1)N1CCN(c2ccc(N3CCCC3)nn2)CC1. The highest BCUT2D eigenvalue weighted by atomic mass is 16.2. The Morgan fingerprint density at radius 1 is 0.920 bits per heavy atom. The van der Waals surface area contributed by atoms with Crippen molar-refractivity contribution in [2.75, 3.05) is 49.1 Å². The monoisotopic (exact) mass is 342 g/mol. The molecular weight excluding hydrogens is 320 g/mol. The molecule has 4 rings (SSSR count). The highest BCUT2D eigenvalue weighted by Gasteiger charge is 2.23. The van der Waals surface area contributed by atoms with Gasteiger partial charge in [-0.2, -0.15) is 5.10 Å². The molecule has 2 aromatic heterocycles. The first-order valence-electron chi connectivity index (χ1n) is 8.73. The van der Waals surface area contributed by atoms with E-state index < -0.39 is 0 Å². The van der Waals surface area contributed by atoms with E-state index in [1.807, 2.05) is 11.0 Å². The van der Waals surface area contributed by atoms with E-state index in [0.717, 1.165) is 37.8 Å². The van der Waals surface area contributed by atoms with Crippen LogP contribution in [0.25, 0.3) is 0 Å². The molecule has 132 valence electrons. The lowest BCUT2D eigenvalue weighted by atomic mass is 10.3. The molecule has 9 nitrogen and oxygen atoms in total. The number of hydrogen-bond donors (Lipinski definition) is 0. The topological polar surface area (TPSA) is 83.3 Å². The number of nitrogens with zero attached hydrogens (tertiary/aromatic N) is 8. The molecule has 0 saturated carbocycles. The van der Waals surface area contributed by atoms with Crippen molar-refractivity contribution in [2.45, 2.75) is 19.4 Å². The molecule has 0 unspecified atom stereocenters. The standard InChI is InChI=1S/C16H22N8O/c25-16(11-24-13-17-12-18-24)23-9-7-22(8-10-23)15-4-3-14(19-20-15)21-5-1-2-6-21/h3-4,12-13H,1-2,5-11H2.